The maximum Gasteiger partial charge on any atom is 0.319 e. The van der Waals surface area contributed by atoms with Crippen LogP contribution >= 0.6 is 0 Å². The van der Waals surface area contributed by atoms with Crippen molar-refractivity contribution in [3.05, 3.63) is 59.2 Å². The molecule has 1 aliphatic rings. The summed E-state index contributed by atoms with van der Waals surface area (Å²) in [6, 6.07) is 7.60. The lowest BCUT2D eigenvalue weighted by molar-refractivity contribution is -0.120. The van der Waals surface area contributed by atoms with Crippen molar-refractivity contribution < 1.29 is 23.1 Å². The van der Waals surface area contributed by atoms with Gasteiger partial charge in [0.15, 0.2) is 0 Å². The molecule has 3 amide bonds. The van der Waals surface area contributed by atoms with Gasteiger partial charge in [-0.2, -0.15) is 0 Å². The highest BCUT2D eigenvalue weighted by Gasteiger charge is 2.40. The van der Waals surface area contributed by atoms with E-state index in [1.165, 1.54) is 7.11 Å². The highest BCUT2D eigenvalue weighted by molar-refractivity contribution is 5.95. The van der Waals surface area contributed by atoms with Crippen molar-refractivity contribution in [1.29, 1.82) is 0 Å². The van der Waals surface area contributed by atoms with Crippen LogP contribution in [0.15, 0.2) is 36.4 Å². The Morgan fingerprint density at radius 2 is 1.86 bits per heavy atom. The second kappa shape index (κ2) is 8.24. The smallest absolute Gasteiger partial charge is 0.319 e. The SMILES string of the molecule is CCc1ccc(NC(=O)N[C@H]2C(=O)NC[C@H]2c2c(F)cc(OC)cc2F)cc1. The van der Waals surface area contributed by atoms with Crippen LogP contribution < -0.4 is 20.7 Å². The van der Waals surface area contributed by atoms with Crippen LogP contribution in [0.4, 0.5) is 19.3 Å². The number of aryl methyl sites for hydroxylation is 1. The normalized spacial score (nSPS) is 18.5. The van der Waals surface area contributed by atoms with Gasteiger partial charge in [-0.1, -0.05) is 19.1 Å². The first-order valence-corrected chi connectivity index (χ1v) is 8.90. The van der Waals surface area contributed by atoms with E-state index < -0.39 is 35.5 Å². The molecule has 0 radical (unpaired) electrons. The van der Waals surface area contributed by atoms with Gasteiger partial charge in [-0.25, -0.2) is 13.6 Å². The summed E-state index contributed by atoms with van der Waals surface area (Å²) in [6.07, 6.45) is 0.870. The maximum absolute atomic E-state index is 14.4. The van der Waals surface area contributed by atoms with Crippen LogP contribution in [-0.4, -0.2) is 31.6 Å². The summed E-state index contributed by atoms with van der Waals surface area (Å²) in [5, 5.41) is 7.67. The molecule has 0 unspecified atom stereocenters. The first-order chi connectivity index (χ1) is 13.4. The number of carbonyl (C=O) groups excluding carboxylic acids is 2. The molecule has 2 atom stereocenters. The molecule has 0 aliphatic carbocycles. The second-order valence-electron chi connectivity index (χ2n) is 6.48. The Labute approximate surface area is 161 Å². The molecule has 1 heterocycles. The quantitative estimate of drug-likeness (QED) is 0.736. The molecule has 1 saturated heterocycles. The van der Waals surface area contributed by atoms with E-state index in [1.54, 1.807) is 12.1 Å². The number of halogens is 2. The molecular weight excluding hydrogens is 368 g/mol. The highest BCUT2D eigenvalue weighted by Crippen LogP contribution is 2.31. The number of urea groups is 1. The Morgan fingerprint density at radius 3 is 2.43 bits per heavy atom. The largest absolute Gasteiger partial charge is 0.497 e. The molecule has 8 heteroatoms. The van der Waals surface area contributed by atoms with Gasteiger partial charge in [-0.3, -0.25) is 4.79 Å². The van der Waals surface area contributed by atoms with Crippen LogP contribution in [0.2, 0.25) is 0 Å². The number of nitrogens with one attached hydrogen (secondary N) is 3. The Balaban J connectivity index is 1.76. The minimum atomic E-state index is -1.10. The molecule has 6 nitrogen and oxygen atoms in total. The summed E-state index contributed by atoms with van der Waals surface area (Å²) < 4.78 is 33.7. The zero-order chi connectivity index (χ0) is 20.3. The zero-order valence-corrected chi connectivity index (χ0v) is 15.5. The molecule has 3 rings (SSSR count). The lowest BCUT2D eigenvalue weighted by atomic mass is 9.93. The van der Waals surface area contributed by atoms with Gasteiger partial charge in [0.05, 0.1) is 7.11 Å². The molecule has 3 N–H and O–H groups in total. The second-order valence-corrected chi connectivity index (χ2v) is 6.48. The molecule has 0 spiro atoms. The Morgan fingerprint density at radius 1 is 1.21 bits per heavy atom. The van der Waals surface area contributed by atoms with E-state index in [4.69, 9.17) is 4.74 Å². The number of ether oxygens (including phenoxy) is 1. The molecule has 1 aliphatic heterocycles. The van der Waals surface area contributed by atoms with Crippen molar-refractivity contribution in [1.82, 2.24) is 10.6 Å². The zero-order valence-electron chi connectivity index (χ0n) is 15.5. The van der Waals surface area contributed by atoms with E-state index in [2.05, 4.69) is 16.0 Å². The van der Waals surface area contributed by atoms with E-state index in [1.807, 2.05) is 19.1 Å². The number of hydrogen-bond donors (Lipinski definition) is 3. The number of methoxy groups -OCH3 is 1. The van der Waals surface area contributed by atoms with Crippen LogP contribution in [0.1, 0.15) is 24.0 Å². The van der Waals surface area contributed by atoms with Crippen LogP contribution in [0.3, 0.4) is 0 Å². The molecule has 2 aromatic carbocycles. The minimum absolute atomic E-state index is 0.00907. The number of carbonyl (C=O) groups is 2. The van der Waals surface area contributed by atoms with Crippen molar-refractivity contribution in [2.45, 2.75) is 25.3 Å². The summed E-state index contributed by atoms with van der Waals surface area (Å²) in [5.74, 6) is -3.02. The Hall–Kier alpha value is -3.16. The van der Waals surface area contributed by atoms with E-state index in [0.717, 1.165) is 24.1 Å². The van der Waals surface area contributed by atoms with Gasteiger partial charge < -0.3 is 20.7 Å². The molecule has 0 saturated carbocycles. The van der Waals surface area contributed by atoms with Crippen LogP contribution in [0, 0.1) is 11.6 Å². The van der Waals surface area contributed by atoms with Gasteiger partial charge >= 0.3 is 6.03 Å². The van der Waals surface area contributed by atoms with E-state index >= 15 is 0 Å². The lowest BCUT2D eigenvalue weighted by Crippen LogP contribution is -2.45. The Kier molecular flexibility index (Phi) is 5.77. The molecule has 28 heavy (non-hydrogen) atoms. The lowest BCUT2D eigenvalue weighted by Gasteiger charge is -2.20. The first kappa shape index (κ1) is 19.6. The van der Waals surface area contributed by atoms with Gasteiger partial charge in [-0.15, -0.1) is 0 Å². The van der Waals surface area contributed by atoms with Gasteiger partial charge in [-0.05, 0) is 24.1 Å². The highest BCUT2D eigenvalue weighted by atomic mass is 19.1. The summed E-state index contributed by atoms with van der Waals surface area (Å²) >= 11 is 0. The van der Waals surface area contributed by atoms with Crippen LogP contribution in [0.5, 0.6) is 5.75 Å². The molecule has 0 bridgehead atoms. The van der Waals surface area contributed by atoms with Crippen LogP contribution in [-0.2, 0) is 11.2 Å². The minimum Gasteiger partial charge on any atom is -0.497 e. The summed E-state index contributed by atoms with van der Waals surface area (Å²) in [6.45, 7) is 2.03. The van der Waals surface area contributed by atoms with Crippen molar-refractivity contribution in [2.75, 3.05) is 19.0 Å². The third kappa shape index (κ3) is 4.05. The van der Waals surface area contributed by atoms with Crippen molar-refractivity contribution >= 4 is 17.6 Å². The number of hydrogen-bond acceptors (Lipinski definition) is 3. The summed E-state index contributed by atoms with van der Waals surface area (Å²) in [5.41, 5.74) is 1.40. The average Bonchev–Trinajstić information content (AvgIpc) is 3.02. The predicted molar refractivity (Wildman–Crippen MR) is 100 cm³/mol. The molecular formula is C20H21F2N3O3. The fourth-order valence-electron chi connectivity index (χ4n) is 3.22. The third-order valence-corrected chi connectivity index (χ3v) is 4.75. The van der Waals surface area contributed by atoms with E-state index in [9.17, 15) is 18.4 Å². The number of benzene rings is 2. The van der Waals surface area contributed by atoms with Crippen molar-refractivity contribution in [3.8, 4) is 5.75 Å². The van der Waals surface area contributed by atoms with Crippen molar-refractivity contribution in [2.24, 2.45) is 0 Å². The predicted octanol–water partition coefficient (Wildman–Crippen LogP) is 2.94. The maximum atomic E-state index is 14.4. The number of amides is 3. The van der Waals surface area contributed by atoms with Crippen LogP contribution in [0.25, 0.3) is 0 Å². The summed E-state index contributed by atoms with van der Waals surface area (Å²) in [7, 11) is 1.30. The summed E-state index contributed by atoms with van der Waals surface area (Å²) in [4.78, 5) is 24.5. The van der Waals surface area contributed by atoms with Gasteiger partial charge in [0.1, 0.15) is 23.4 Å². The third-order valence-electron chi connectivity index (χ3n) is 4.75. The van der Waals surface area contributed by atoms with Gasteiger partial charge in [0.25, 0.3) is 0 Å². The van der Waals surface area contributed by atoms with E-state index in [0.29, 0.717) is 5.69 Å². The average molecular weight is 389 g/mol. The molecule has 0 aromatic heterocycles. The van der Waals surface area contributed by atoms with Crippen molar-refractivity contribution in [3.63, 3.8) is 0 Å². The standard InChI is InChI=1S/C20H21F2N3O3/c1-3-11-4-6-12(7-5-11)24-20(27)25-18-14(10-23-19(18)26)17-15(21)8-13(28-2)9-16(17)22/h4-9,14,18H,3,10H2,1-2H3,(H,23,26)(H2,24,25,27)/t14-,18+/m0/s1. The Bertz CT molecular complexity index is 864. The first-order valence-electron chi connectivity index (χ1n) is 8.90. The number of anilines is 1. The number of rotatable bonds is 5. The van der Waals surface area contributed by atoms with Gasteiger partial charge in [0, 0.05) is 35.8 Å². The van der Waals surface area contributed by atoms with E-state index in [-0.39, 0.29) is 17.9 Å². The van der Waals surface area contributed by atoms with Gasteiger partial charge in [0.2, 0.25) is 5.91 Å². The molecule has 1 fully saturated rings. The fraction of sp³-hybridized carbons (Fsp3) is 0.300. The topological polar surface area (TPSA) is 79.5 Å². The molecule has 148 valence electrons. The monoisotopic (exact) mass is 389 g/mol. The fourth-order valence-corrected chi connectivity index (χ4v) is 3.22. The molecule has 2 aromatic rings.